The van der Waals surface area contributed by atoms with Gasteiger partial charge in [0.1, 0.15) is 5.76 Å². The second-order valence-electron chi connectivity index (χ2n) is 4.42. The fraction of sp³-hybridized carbons (Fsp3) is 0.267. The lowest BCUT2D eigenvalue weighted by atomic mass is 10.1. The molecule has 1 N–H and O–H groups in total. The van der Waals surface area contributed by atoms with Crippen LogP contribution < -0.4 is 5.32 Å². The summed E-state index contributed by atoms with van der Waals surface area (Å²) < 4.78 is 5.22. The number of urea groups is 1. The van der Waals surface area contributed by atoms with Gasteiger partial charge in [-0.3, -0.25) is 0 Å². The Morgan fingerprint density at radius 2 is 2.16 bits per heavy atom. The van der Waals surface area contributed by atoms with E-state index in [1.54, 1.807) is 18.2 Å². The molecule has 0 aliphatic carbocycles. The van der Waals surface area contributed by atoms with Gasteiger partial charge in [0, 0.05) is 12.7 Å². The number of aryl methyl sites for hydroxylation is 1. The lowest BCUT2D eigenvalue weighted by Crippen LogP contribution is -2.30. The van der Waals surface area contributed by atoms with Gasteiger partial charge >= 0.3 is 6.03 Å². The number of carbonyl (C=O) groups is 1. The number of furan rings is 1. The van der Waals surface area contributed by atoms with Crippen LogP contribution in [0.15, 0.2) is 47.1 Å². The third-order valence-electron chi connectivity index (χ3n) is 2.91. The van der Waals surface area contributed by atoms with Crippen molar-refractivity contribution in [3.8, 4) is 0 Å². The molecular formula is C15H18N2O2. The Morgan fingerprint density at radius 3 is 2.84 bits per heavy atom. The van der Waals surface area contributed by atoms with Crippen molar-refractivity contribution in [1.82, 2.24) is 4.90 Å². The monoisotopic (exact) mass is 258 g/mol. The molecule has 1 aromatic carbocycles. The maximum absolute atomic E-state index is 12.0. The largest absolute Gasteiger partial charge is 0.467 e. The van der Waals surface area contributed by atoms with Gasteiger partial charge < -0.3 is 14.6 Å². The van der Waals surface area contributed by atoms with Crippen LogP contribution in [-0.4, -0.2) is 18.0 Å². The lowest BCUT2D eigenvalue weighted by molar-refractivity contribution is 0.217. The van der Waals surface area contributed by atoms with E-state index in [4.69, 9.17) is 4.42 Å². The summed E-state index contributed by atoms with van der Waals surface area (Å²) in [6.45, 7) is 2.54. The van der Waals surface area contributed by atoms with Gasteiger partial charge in [0.15, 0.2) is 0 Å². The van der Waals surface area contributed by atoms with E-state index < -0.39 is 0 Å². The Bertz CT molecular complexity index is 535. The number of nitrogens with zero attached hydrogens (tertiary/aromatic N) is 1. The van der Waals surface area contributed by atoms with Crippen LogP contribution in [0.4, 0.5) is 10.5 Å². The third kappa shape index (κ3) is 3.61. The zero-order valence-electron chi connectivity index (χ0n) is 11.2. The number of hydrogen-bond donors (Lipinski definition) is 1. The van der Waals surface area contributed by atoms with Crippen LogP contribution in [0.3, 0.4) is 0 Å². The molecular weight excluding hydrogens is 240 g/mol. The van der Waals surface area contributed by atoms with Crippen molar-refractivity contribution in [3.05, 3.63) is 54.0 Å². The van der Waals surface area contributed by atoms with Crippen molar-refractivity contribution < 1.29 is 9.21 Å². The van der Waals surface area contributed by atoms with E-state index >= 15 is 0 Å². The van der Waals surface area contributed by atoms with Crippen LogP contribution in [-0.2, 0) is 13.0 Å². The Hall–Kier alpha value is -2.23. The van der Waals surface area contributed by atoms with Crippen LogP contribution in [0.5, 0.6) is 0 Å². The molecule has 0 aliphatic heterocycles. The predicted octanol–water partition coefficient (Wildman–Crippen LogP) is 3.51. The van der Waals surface area contributed by atoms with E-state index in [9.17, 15) is 4.79 Å². The van der Waals surface area contributed by atoms with Crippen LogP contribution in [0.2, 0.25) is 0 Å². The summed E-state index contributed by atoms with van der Waals surface area (Å²) in [6.07, 6.45) is 2.55. The molecule has 0 saturated heterocycles. The van der Waals surface area contributed by atoms with Crippen molar-refractivity contribution in [1.29, 1.82) is 0 Å². The first-order valence-corrected chi connectivity index (χ1v) is 6.32. The lowest BCUT2D eigenvalue weighted by Gasteiger charge is -2.17. The molecule has 19 heavy (non-hydrogen) atoms. The Balaban J connectivity index is 1.96. The highest BCUT2D eigenvalue weighted by atomic mass is 16.3. The van der Waals surface area contributed by atoms with Crippen LogP contribution in [0, 0.1) is 0 Å². The molecule has 4 nitrogen and oxygen atoms in total. The number of rotatable bonds is 4. The number of amides is 2. The van der Waals surface area contributed by atoms with Crippen molar-refractivity contribution in [2.45, 2.75) is 19.9 Å². The SMILES string of the molecule is CCc1cccc(NC(=O)N(C)Cc2ccco2)c1. The minimum absolute atomic E-state index is 0.148. The summed E-state index contributed by atoms with van der Waals surface area (Å²) in [5.41, 5.74) is 2.02. The molecule has 0 unspecified atom stereocenters. The summed E-state index contributed by atoms with van der Waals surface area (Å²) in [4.78, 5) is 13.6. The van der Waals surface area contributed by atoms with E-state index in [2.05, 4.69) is 12.2 Å². The maximum Gasteiger partial charge on any atom is 0.321 e. The van der Waals surface area contributed by atoms with Gasteiger partial charge in [-0.2, -0.15) is 0 Å². The average molecular weight is 258 g/mol. The van der Waals surface area contributed by atoms with Crippen LogP contribution in [0.25, 0.3) is 0 Å². The number of benzene rings is 1. The molecule has 0 bridgehead atoms. The normalized spacial score (nSPS) is 10.2. The predicted molar refractivity (Wildman–Crippen MR) is 75.0 cm³/mol. The molecule has 0 radical (unpaired) electrons. The summed E-state index contributed by atoms with van der Waals surface area (Å²) in [5.74, 6) is 0.764. The highest BCUT2D eigenvalue weighted by molar-refractivity contribution is 5.89. The van der Waals surface area contributed by atoms with E-state index in [0.717, 1.165) is 17.9 Å². The Kier molecular flexibility index (Phi) is 4.23. The molecule has 2 rings (SSSR count). The molecule has 2 amide bonds. The van der Waals surface area contributed by atoms with E-state index in [1.165, 1.54) is 5.56 Å². The van der Waals surface area contributed by atoms with Gasteiger partial charge in [0.25, 0.3) is 0 Å². The molecule has 0 spiro atoms. The maximum atomic E-state index is 12.0. The molecule has 2 aromatic rings. The molecule has 0 aliphatic rings. The summed E-state index contributed by atoms with van der Waals surface area (Å²) in [5, 5.41) is 2.87. The van der Waals surface area contributed by atoms with Crippen molar-refractivity contribution in [3.63, 3.8) is 0 Å². The molecule has 4 heteroatoms. The van der Waals surface area contributed by atoms with Crippen LogP contribution >= 0.6 is 0 Å². The minimum atomic E-state index is -0.148. The second-order valence-corrected chi connectivity index (χ2v) is 4.42. The van der Waals surface area contributed by atoms with E-state index in [0.29, 0.717) is 6.54 Å². The average Bonchev–Trinajstić information content (AvgIpc) is 2.91. The zero-order valence-corrected chi connectivity index (χ0v) is 11.2. The molecule has 1 heterocycles. The first kappa shape index (κ1) is 13.2. The second kappa shape index (κ2) is 6.09. The van der Waals surface area contributed by atoms with Crippen molar-refractivity contribution >= 4 is 11.7 Å². The third-order valence-corrected chi connectivity index (χ3v) is 2.91. The van der Waals surface area contributed by atoms with Gasteiger partial charge in [0.2, 0.25) is 0 Å². The van der Waals surface area contributed by atoms with Gasteiger partial charge in [-0.15, -0.1) is 0 Å². The standard InChI is InChI=1S/C15H18N2O2/c1-3-12-6-4-7-13(10-12)16-15(18)17(2)11-14-8-5-9-19-14/h4-10H,3,11H2,1-2H3,(H,16,18). The highest BCUT2D eigenvalue weighted by Gasteiger charge is 2.10. The smallest absolute Gasteiger partial charge is 0.321 e. The summed E-state index contributed by atoms with van der Waals surface area (Å²) >= 11 is 0. The quantitative estimate of drug-likeness (QED) is 0.912. The zero-order chi connectivity index (χ0) is 13.7. The fourth-order valence-electron chi connectivity index (χ4n) is 1.80. The van der Waals surface area contributed by atoms with Crippen molar-refractivity contribution in [2.24, 2.45) is 0 Å². The number of carbonyl (C=O) groups excluding carboxylic acids is 1. The Morgan fingerprint density at radius 1 is 1.32 bits per heavy atom. The van der Waals surface area contributed by atoms with Gasteiger partial charge in [-0.05, 0) is 36.2 Å². The molecule has 1 aromatic heterocycles. The minimum Gasteiger partial charge on any atom is -0.467 e. The highest BCUT2D eigenvalue weighted by Crippen LogP contribution is 2.12. The Labute approximate surface area is 113 Å². The number of anilines is 1. The number of hydrogen-bond acceptors (Lipinski definition) is 2. The first-order chi connectivity index (χ1) is 9.19. The summed E-state index contributed by atoms with van der Waals surface area (Å²) in [6, 6.07) is 11.4. The van der Waals surface area contributed by atoms with E-state index in [1.807, 2.05) is 36.4 Å². The van der Waals surface area contributed by atoms with Gasteiger partial charge in [-0.25, -0.2) is 4.79 Å². The molecule has 0 fully saturated rings. The van der Waals surface area contributed by atoms with Gasteiger partial charge in [0.05, 0.1) is 12.8 Å². The number of nitrogens with one attached hydrogen (secondary N) is 1. The molecule has 0 saturated carbocycles. The molecule has 100 valence electrons. The van der Waals surface area contributed by atoms with Crippen molar-refractivity contribution in [2.75, 3.05) is 12.4 Å². The summed E-state index contributed by atoms with van der Waals surface area (Å²) in [7, 11) is 1.74. The fourth-order valence-corrected chi connectivity index (χ4v) is 1.80. The van der Waals surface area contributed by atoms with Crippen LogP contribution in [0.1, 0.15) is 18.2 Å². The van der Waals surface area contributed by atoms with E-state index in [-0.39, 0.29) is 6.03 Å². The first-order valence-electron chi connectivity index (χ1n) is 6.32. The topological polar surface area (TPSA) is 45.5 Å². The van der Waals surface area contributed by atoms with Gasteiger partial charge in [-0.1, -0.05) is 19.1 Å². The molecule has 0 atom stereocenters.